The molecule has 2 aromatic rings. The molecule has 0 fully saturated rings. The van der Waals surface area contributed by atoms with E-state index in [1.807, 2.05) is 55.3 Å². The second kappa shape index (κ2) is 22.0. The first kappa shape index (κ1) is 27.8. The molecule has 0 saturated carbocycles. The third-order valence-electron chi connectivity index (χ3n) is 2.60. The molecule has 2 aromatic carbocycles. The zero-order chi connectivity index (χ0) is 18.6. The van der Waals surface area contributed by atoms with Crippen molar-refractivity contribution in [2.24, 2.45) is 0 Å². The van der Waals surface area contributed by atoms with Gasteiger partial charge >= 0.3 is 33.9 Å². The standard InChI is InChI=1S/C17H16O.3CO.Fe/c1-18-17-13-11-16(12-14-17)10-6-5-9-15-7-3-2-4-8-15;3*1-2;/h2-14H,1H3;;;;. The smallest absolute Gasteiger partial charge is 0 e. The zero-order valence-electron chi connectivity index (χ0n) is 13.5. The molecule has 0 saturated heterocycles. The molecule has 0 aliphatic carbocycles. The van der Waals surface area contributed by atoms with Crippen LogP contribution in [-0.4, -0.2) is 7.11 Å². The van der Waals surface area contributed by atoms with Gasteiger partial charge in [0.15, 0.2) is 0 Å². The van der Waals surface area contributed by atoms with Crippen molar-refractivity contribution in [3.8, 4) is 5.75 Å². The molecule has 0 bridgehead atoms. The second-order valence-electron chi connectivity index (χ2n) is 3.90. The molecular formula is C20H16FeO4. The van der Waals surface area contributed by atoms with Crippen LogP contribution in [0.25, 0.3) is 0 Å². The van der Waals surface area contributed by atoms with Gasteiger partial charge in [0.2, 0.25) is 0 Å². The topological polar surface area (TPSA) is 68.9 Å². The van der Waals surface area contributed by atoms with Gasteiger partial charge in [0, 0.05) is 17.1 Å². The molecule has 2 rings (SSSR count). The van der Waals surface area contributed by atoms with E-state index < -0.39 is 0 Å². The predicted molar refractivity (Wildman–Crippen MR) is 86.6 cm³/mol. The van der Waals surface area contributed by atoms with Crippen LogP contribution >= 0.6 is 0 Å². The predicted octanol–water partition coefficient (Wildman–Crippen LogP) is 3.79. The molecule has 0 N–H and O–H groups in total. The van der Waals surface area contributed by atoms with Gasteiger partial charge in [-0.3, -0.25) is 0 Å². The minimum absolute atomic E-state index is 0. The second-order valence-corrected chi connectivity index (χ2v) is 3.90. The largest absolute Gasteiger partial charge is 0 e. The minimum Gasteiger partial charge on any atom is 0 e. The first-order valence-corrected chi connectivity index (χ1v) is 6.53. The van der Waals surface area contributed by atoms with Gasteiger partial charge in [-0.25, -0.2) is 0 Å². The number of rotatable bonds is 6. The van der Waals surface area contributed by atoms with Crippen LogP contribution in [0.5, 0.6) is 5.75 Å². The van der Waals surface area contributed by atoms with Crippen molar-refractivity contribution in [3.63, 3.8) is 0 Å². The summed E-state index contributed by atoms with van der Waals surface area (Å²) in [5, 5.41) is 0. The average Bonchev–Trinajstić information content (AvgIpc) is 2.71. The van der Waals surface area contributed by atoms with Crippen LogP contribution in [0.1, 0.15) is 11.1 Å². The van der Waals surface area contributed by atoms with E-state index in [-0.39, 0.29) is 17.1 Å². The molecular weight excluding hydrogens is 360 g/mol. The van der Waals surface area contributed by atoms with Gasteiger partial charge in [0.1, 0.15) is 5.75 Å². The monoisotopic (exact) mass is 376 g/mol. The van der Waals surface area contributed by atoms with Crippen LogP contribution in [0.3, 0.4) is 0 Å². The summed E-state index contributed by atoms with van der Waals surface area (Å²) in [6.07, 6.45) is 8.23. The van der Waals surface area contributed by atoms with Crippen molar-refractivity contribution in [1.29, 1.82) is 0 Å². The van der Waals surface area contributed by atoms with Gasteiger partial charge in [-0.1, -0.05) is 42.5 Å². The van der Waals surface area contributed by atoms with Crippen molar-refractivity contribution in [2.45, 2.75) is 0 Å². The van der Waals surface area contributed by atoms with Crippen LogP contribution in [0, 0.1) is 45.6 Å². The van der Waals surface area contributed by atoms with Gasteiger partial charge in [-0.05, 0) is 48.9 Å². The molecule has 0 aliphatic rings. The number of hydrogen-bond donors (Lipinski definition) is 0. The Morgan fingerprint density at radius 2 is 1.08 bits per heavy atom. The number of unbranched alkanes of at least 4 members (excludes halogenated alkanes) is 1. The van der Waals surface area contributed by atoms with Gasteiger partial charge in [0.05, 0.1) is 7.11 Å². The van der Waals surface area contributed by atoms with E-state index >= 15 is 0 Å². The van der Waals surface area contributed by atoms with E-state index in [1.165, 1.54) is 5.56 Å². The van der Waals surface area contributed by atoms with Gasteiger partial charge in [0.25, 0.3) is 0 Å². The SMILES string of the molecule is COc1ccc([CH][CH][CH][CH]c2ccccc2)cc1.[C-]#[O+].[C-]#[O+].[C-]#[O+].[Fe]. The van der Waals surface area contributed by atoms with Crippen LogP contribution < -0.4 is 4.74 Å². The van der Waals surface area contributed by atoms with Gasteiger partial charge in [-0.2, -0.15) is 0 Å². The summed E-state index contributed by atoms with van der Waals surface area (Å²) in [4.78, 5) is 0. The fourth-order valence-electron chi connectivity index (χ4n) is 1.61. The Morgan fingerprint density at radius 3 is 1.48 bits per heavy atom. The summed E-state index contributed by atoms with van der Waals surface area (Å²) in [5.41, 5.74) is 2.37. The number of methoxy groups -OCH3 is 1. The first-order valence-electron chi connectivity index (χ1n) is 6.53. The summed E-state index contributed by atoms with van der Waals surface area (Å²) in [6.45, 7) is 13.5. The van der Waals surface area contributed by atoms with Crippen LogP contribution in [0.15, 0.2) is 54.6 Å². The molecule has 0 spiro atoms. The maximum absolute atomic E-state index is 7.50. The van der Waals surface area contributed by atoms with Crippen LogP contribution in [0.4, 0.5) is 0 Å². The summed E-state index contributed by atoms with van der Waals surface area (Å²) in [6, 6.07) is 18.2. The average molecular weight is 376 g/mol. The summed E-state index contributed by atoms with van der Waals surface area (Å²) in [5.74, 6) is 0.881. The molecule has 5 heteroatoms. The fraction of sp³-hybridized carbons (Fsp3) is 0.0500. The van der Waals surface area contributed by atoms with Gasteiger partial charge < -0.3 is 4.74 Å². The summed E-state index contributed by atoms with van der Waals surface area (Å²) >= 11 is 0. The summed E-state index contributed by atoms with van der Waals surface area (Å²) < 4.78 is 27.6. The van der Waals surface area contributed by atoms with Crippen molar-refractivity contribution >= 4 is 0 Å². The first-order chi connectivity index (χ1) is 11.9. The molecule has 0 aromatic heterocycles. The molecule has 0 aliphatic heterocycles. The third kappa shape index (κ3) is 14.1. The number of hydrogen-bond acceptors (Lipinski definition) is 1. The van der Waals surface area contributed by atoms with Gasteiger partial charge in [-0.15, -0.1) is 0 Å². The maximum Gasteiger partial charge on any atom is 0 e. The fourth-order valence-corrected chi connectivity index (χ4v) is 1.61. The van der Waals surface area contributed by atoms with Crippen molar-refractivity contribution < 1.29 is 35.8 Å². The Labute approximate surface area is 160 Å². The Balaban J connectivity index is -0.000000626. The van der Waals surface area contributed by atoms with E-state index in [2.05, 4.69) is 44.9 Å². The Morgan fingerprint density at radius 1 is 0.680 bits per heavy atom. The number of benzene rings is 2. The molecule has 4 nitrogen and oxygen atoms in total. The van der Waals surface area contributed by atoms with Crippen molar-refractivity contribution in [2.75, 3.05) is 7.11 Å². The zero-order valence-corrected chi connectivity index (χ0v) is 14.6. The van der Waals surface area contributed by atoms with Crippen LogP contribution in [-0.2, 0) is 31.0 Å². The number of ether oxygens (including phenoxy) is 1. The minimum atomic E-state index is 0. The van der Waals surface area contributed by atoms with E-state index in [9.17, 15) is 0 Å². The van der Waals surface area contributed by atoms with E-state index in [1.54, 1.807) is 7.11 Å². The van der Waals surface area contributed by atoms with Crippen molar-refractivity contribution in [3.05, 3.63) is 111 Å². The third-order valence-corrected chi connectivity index (χ3v) is 2.60. The molecule has 25 heavy (non-hydrogen) atoms. The quantitative estimate of drug-likeness (QED) is 0.327. The molecule has 0 heterocycles. The summed E-state index contributed by atoms with van der Waals surface area (Å²) in [7, 11) is 1.67. The molecule has 128 valence electrons. The molecule has 4 radical (unpaired) electrons. The van der Waals surface area contributed by atoms with Crippen molar-refractivity contribution in [1.82, 2.24) is 0 Å². The Bertz CT molecular complexity index is 560. The Hall–Kier alpha value is -2.02. The Kier molecular flexibility index (Phi) is 24.5. The molecule has 0 atom stereocenters. The normalized spacial score (nSPS) is 7.64. The maximum atomic E-state index is 7.50. The molecule has 0 unspecified atom stereocenters. The molecule has 0 amide bonds. The van der Waals surface area contributed by atoms with E-state index in [0.29, 0.717) is 0 Å². The van der Waals surface area contributed by atoms with Crippen LogP contribution in [0.2, 0.25) is 0 Å². The van der Waals surface area contributed by atoms with E-state index in [4.69, 9.17) is 18.7 Å². The van der Waals surface area contributed by atoms with E-state index in [0.717, 1.165) is 11.3 Å².